The van der Waals surface area contributed by atoms with E-state index in [9.17, 15) is 0 Å². The number of hydrogen-bond acceptors (Lipinski definition) is 4. The average molecular weight is 430 g/mol. The molecule has 1 atom stereocenters. The minimum absolute atomic E-state index is 0. The summed E-state index contributed by atoms with van der Waals surface area (Å²) in [7, 11) is 1.82. The molecule has 1 saturated heterocycles. The van der Waals surface area contributed by atoms with Crippen LogP contribution in [0.5, 0.6) is 0 Å². The number of hydrogen-bond donors (Lipinski definition) is 2. The molecule has 2 N–H and O–H groups in total. The molecule has 0 bridgehead atoms. The molecule has 1 unspecified atom stereocenters. The summed E-state index contributed by atoms with van der Waals surface area (Å²) < 4.78 is 5.42. The van der Waals surface area contributed by atoms with E-state index in [1.54, 1.807) is 0 Å². The molecule has 0 spiro atoms. The first-order chi connectivity index (χ1) is 9.49. The summed E-state index contributed by atoms with van der Waals surface area (Å²) in [4.78, 5) is 6.76. The fourth-order valence-electron chi connectivity index (χ4n) is 2.12. The number of guanidine groups is 1. The van der Waals surface area contributed by atoms with E-state index in [0.717, 1.165) is 45.4 Å². The van der Waals surface area contributed by atoms with Gasteiger partial charge in [-0.25, -0.2) is 0 Å². The fourth-order valence-corrected chi connectivity index (χ4v) is 2.37. The zero-order valence-electron chi connectivity index (χ0n) is 13.9. The van der Waals surface area contributed by atoms with Crippen molar-refractivity contribution in [3.05, 3.63) is 0 Å². The van der Waals surface area contributed by atoms with Gasteiger partial charge in [0.1, 0.15) is 0 Å². The molecule has 0 aromatic heterocycles. The van der Waals surface area contributed by atoms with Crippen LogP contribution in [0.2, 0.25) is 0 Å². The fraction of sp³-hybridized carbons (Fsp3) is 0.929. The van der Waals surface area contributed by atoms with Gasteiger partial charge in [0.2, 0.25) is 0 Å². The van der Waals surface area contributed by atoms with Crippen molar-refractivity contribution in [3.63, 3.8) is 0 Å². The van der Waals surface area contributed by atoms with Crippen molar-refractivity contribution in [2.24, 2.45) is 4.99 Å². The number of ether oxygens (including phenoxy) is 1. The van der Waals surface area contributed by atoms with Crippen molar-refractivity contribution in [2.45, 2.75) is 31.6 Å². The first-order valence-corrected chi connectivity index (χ1v) is 8.58. The molecule has 0 saturated carbocycles. The zero-order valence-corrected chi connectivity index (χ0v) is 17.1. The lowest BCUT2D eigenvalue weighted by Crippen LogP contribution is -2.56. The summed E-state index contributed by atoms with van der Waals surface area (Å²) >= 11 is 1.86. The first kappa shape index (κ1) is 21.3. The van der Waals surface area contributed by atoms with Gasteiger partial charge in [-0.15, -0.1) is 24.0 Å². The maximum Gasteiger partial charge on any atom is 0.191 e. The highest BCUT2D eigenvalue weighted by Gasteiger charge is 2.28. The molecule has 1 aliphatic heterocycles. The van der Waals surface area contributed by atoms with Crippen LogP contribution in [0.15, 0.2) is 4.99 Å². The molecule has 126 valence electrons. The summed E-state index contributed by atoms with van der Waals surface area (Å²) in [5.41, 5.74) is 0.104. The maximum absolute atomic E-state index is 5.42. The molecule has 0 amide bonds. The highest BCUT2D eigenvalue weighted by Crippen LogP contribution is 2.14. The molecule has 21 heavy (non-hydrogen) atoms. The lowest BCUT2D eigenvalue weighted by Gasteiger charge is -2.41. The lowest BCUT2D eigenvalue weighted by molar-refractivity contribution is -0.00833. The van der Waals surface area contributed by atoms with Gasteiger partial charge in [-0.1, -0.05) is 6.92 Å². The third kappa shape index (κ3) is 7.90. The Bertz CT molecular complexity index is 309. The van der Waals surface area contributed by atoms with Gasteiger partial charge in [0, 0.05) is 44.0 Å². The molecule has 1 heterocycles. The smallest absolute Gasteiger partial charge is 0.191 e. The van der Waals surface area contributed by atoms with Crippen LogP contribution in [0.25, 0.3) is 0 Å². The second kappa shape index (κ2) is 10.9. The number of morpholine rings is 1. The Hall–Kier alpha value is 0.270. The third-order valence-electron chi connectivity index (χ3n) is 3.74. The summed E-state index contributed by atoms with van der Waals surface area (Å²) in [6, 6.07) is 0. The van der Waals surface area contributed by atoms with E-state index in [2.05, 4.69) is 47.6 Å². The van der Waals surface area contributed by atoms with Crippen molar-refractivity contribution in [1.82, 2.24) is 15.5 Å². The average Bonchev–Trinajstić information content (AvgIpc) is 2.48. The number of thioether (sulfide) groups is 1. The highest BCUT2D eigenvalue weighted by molar-refractivity contribution is 14.0. The van der Waals surface area contributed by atoms with Gasteiger partial charge < -0.3 is 15.4 Å². The largest absolute Gasteiger partial charge is 0.379 e. The molecule has 1 fully saturated rings. The van der Waals surface area contributed by atoms with Crippen molar-refractivity contribution < 1.29 is 4.74 Å². The van der Waals surface area contributed by atoms with E-state index in [1.165, 1.54) is 0 Å². The number of aliphatic imine (C=N–C) groups is 1. The topological polar surface area (TPSA) is 48.9 Å². The number of halogens is 1. The van der Waals surface area contributed by atoms with Crippen LogP contribution in [0.1, 0.15) is 20.8 Å². The van der Waals surface area contributed by atoms with Crippen LogP contribution in [0, 0.1) is 0 Å². The van der Waals surface area contributed by atoms with E-state index in [0.29, 0.717) is 5.25 Å². The van der Waals surface area contributed by atoms with Crippen LogP contribution >= 0.6 is 35.7 Å². The molecule has 1 rings (SSSR count). The molecule has 7 heteroatoms. The predicted molar refractivity (Wildman–Crippen MR) is 104 cm³/mol. The van der Waals surface area contributed by atoms with Crippen molar-refractivity contribution in [1.29, 1.82) is 0 Å². The molecule has 5 nitrogen and oxygen atoms in total. The number of nitrogens with one attached hydrogen (secondary N) is 2. The Morgan fingerprint density at radius 1 is 1.33 bits per heavy atom. The molecular weight excluding hydrogens is 399 g/mol. The molecular formula is C14H31IN4OS. The van der Waals surface area contributed by atoms with E-state index in [1.807, 2.05) is 18.8 Å². The van der Waals surface area contributed by atoms with Crippen molar-refractivity contribution in [2.75, 3.05) is 52.7 Å². The van der Waals surface area contributed by atoms with E-state index in [-0.39, 0.29) is 29.5 Å². The van der Waals surface area contributed by atoms with Crippen molar-refractivity contribution >= 4 is 41.7 Å². The summed E-state index contributed by atoms with van der Waals surface area (Å²) in [5.74, 6) is 0.882. The second-order valence-electron chi connectivity index (χ2n) is 5.76. The highest BCUT2D eigenvalue weighted by atomic mass is 127. The standard InChI is InChI=1S/C14H30N4OS.HI/c1-12(20-5)10-16-13(15-4)17-11-14(2,3)18-6-8-19-9-7-18;/h12H,6-11H2,1-5H3,(H2,15,16,17);1H. The summed E-state index contributed by atoms with van der Waals surface area (Å²) in [6.45, 7) is 12.2. The van der Waals surface area contributed by atoms with Gasteiger partial charge in [0.25, 0.3) is 0 Å². The van der Waals surface area contributed by atoms with Crippen LogP contribution in [0.3, 0.4) is 0 Å². The number of rotatable bonds is 6. The Balaban J connectivity index is 0.00000400. The van der Waals surface area contributed by atoms with Gasteiger partial charge in [0.05, 0.1) is 13.2 Å². The minimum atomic E-state index is 0. The van der Waals surface area contributed by atoms with Gasteiger partial charge in [-0.05, 0) is 20.1 Å². The maximum atomic E-state index is 5.42. The third-order valence-corrected chi connectivity index (χ3v) is 4.71. The molecule has 0 radical (unpaired) electrons. The van der Waals surface area contributed by atoms with Crippen LogP contribution in [0.4, 0.5) is 0 Å². The van der Waals surface area contributed by atoms with Crippen molar-refractivity contribution in [3.8, 4) is 0 Å². The van der Waals surface area contributed by atoms with Crippen LogP contribution < -0.4 is 10.6 Å². The summed E-state index contributed by atoms with van der Waals surface area (Å²) in [5, 5.41) is 7.39. The Kier molecular flexibility index (Phi) is 11.0. The Morgan fingerprint density at radius 3 is 2.48 bits per heavy atom. The van der Waals surface area contributed by atoms with Crippen LogP contribution in [-0.4, -0.2) is 74.3 Å². The van der Waals surface area contributed by atoms with E-state index < -0.39 is 0 Å². The number of nitrogens with zero attached hydrogens (tertiary/aromatic N) is 2. The second-order valence-corrected chi connectivity index (χ2v) is 7.04. The molecule has 0 aromatic carbocycles. The van der Waals surface area contributed by atoms with Gasteiger partial charge in [0.15, 0.2) is 5.96 Å². The predicted octanol–water partition coefficient (Wildman–Crippen LogP) is 1.63. The first-order valence-electron chi connectivity index (χ1n) is 7.29. The van der Waals surface area contributed by atoms with Gasteiger partial charge in [-0.3, -0.25) is 9.89 Å². The monoisotopic (exact) mass is 430 g/mol. The normalized spacial score (nSPS) is 18.8. The lowest BCUT2D eigenvalue weighted by atomic mass is 10.0. The SMILES string of the molecule is CN=C(NCC(C)SC)NCC(C)(C)N1CCOCC1.I. The zero-order chi connectivity index (χ0) is 15.0. The quantitative estimate of drug-likeness (QED) is 0.381. The van der Waals surface area contributed by atoms with Crippen LogP contribution in [-0.2, 0) is 4.74 Å². The molecule has 0 aliphatic carbocycles. The summed E-state index contributed by atoms with van der Waals surface area (Å²) in [6.07, 6.45) is 2.13. The van der Waals surface area contributed by atoms with Gasteiger partial charge in [-0.2, -0.15) is 11.8 Å². The Labute approximate surface area is 151 Å². The molecule has 1 aliphatic rings. The Morgan fingerprint density at radius 2 is 1.95 bits per heavy atom. The van der Waals surface area contributed by atoms with E-state index in [4.69, 9.17) is 4.74 Å². The van der Waals surface area contributed by atoms with Gasteiger partial charge >= 0.3 is 0 Å². The molecule has 0 aromatic rings. The van der Waals surface area contributed by atoms with E-state index >= 15 is 0 Å². The minimum Gasteiger partial charge on any atom is -0.379 e.